The van der Waals surface area contributed by atoms with E-state index in [4.69, 9.17) is 9.57 Å². The first-order chi connectivity index (χ1) is 14.6. The predicted octanol–water partition coefficient (Wildman–Crippen LogP) is 3.60. The van der Waals surface area contributed by atoms with Crippen LogP contribution in [0.2, 0.25) is 0 Å². The molecule has 2 saturated heterocycles. The quantitative estimate of drug-likeness (QED) is 0.576. The van der Waals surface area contributed by atoms with Gasteiger partial charge in [0.2, 0.25) is 5.91 Å². The van der Waals surface area contributed by atoms with E-state index in [-0.39, 0.29) is 11.9 Å². The number of likely N-dealkylation sites (tertiary alicyclic amines) is 1. The average molecular weight is 417 g/mol. The molecule has 1 amide bonds. The Kier molecular flexibility index (Phi) is 8.70. The molecular formula is C24H36N2O4. The molecule has 1 aromatic rings. The van der Waals surface area contributed by atoms with Crippen LogP contribution in [-0.4, -0.2) is 61.2 Å². The zero-order valence-electron chi connectivity index (χ0n) is 18.3. The van der Waals surface area contributed by atoms with Gasteiger partial charge in [-0.2, -0.15) is 5.06 Å². The summed E-state index contributed by atoms with van der Waals surface area (Å²) in [6, 6.07) is 10.4. The molecule has 0 aliphatic carbocycles. The van der Waals surface area contributed by atoms with Gasteiger partial charge in [-0.25, -0.2) is 0 Å². The van der Waals surface area contributed by atoms with E-state index in [0.29, 0.717) is 45.5 Å². The van der Waals surface area contributed by atoms with Crippen molar-refractivity contribution in [1.29, 1.82) is 0 Å². The van der Waals surface area contributed by atoms with Crippen LogP contribution in [0.15, 0.2) is 30.3 Å². The van der Waals surface area contributed by atoms with Crippen molar-refractivity contribution < 1.29 is 19.2 Å². The van der Waals surface area contributed by atoms with E-state index in [2.05, 4.69) is 24.3 Å². The van der Waals surface area contributed by atoms with Gasteiger partial charge in [0.05, 0.1) is 18.6 Å². The monoisotopic (exact) mass is 416 g/mol. The minimum atomic E-state index is -0.461. The highest BCUT2D eigenvalue weighted by Crippen LogP contribution is 2.38. The van der Waals surface area contributed by atoms with Crippen LogP contribution in [0.1, 0.15) is 57.4 Å². The standard InChI is InChI=1S/C24H36N2O4/c1-2-29-23(28)24(13-8-11-21-9-4-3-5-10-21)14-18-25(19-15-24)22(27)12-17-26-16-6-7-20-30-26/h3-5,9-10H,2,6-8,11-20H2,1H3. The number of hydrogen-bond donors (Lipinski definition) is 0. The van der Waals surface area contributed by atoms with Crippen LogP contribution in [0.4, 0.5) is 0 Å². The van der Waals surface area contributed by atoms with Crippen molar-refractivity contribution in [2.24, 2.45) is 5.41 Å². The largest absolute Gasteiger partial charge is 0.466 e. The van der Waals surface area contributed by atoms with Gasteiger partial charge in [0.25, 0.3) is 0 Å². The molecule has 2 heterocycles. The van der Waals surface area contributed by atoms with Crippen molar-refractivity contribution in [2.75, 3.05) is 39.4 Å². The maximum Gasteiger partial charge on any atom is 0.312 e. The SMILES string of the molecule is CCOC(=O)C1(CCCc2ccccc2)CCN(C(=O)CCN2CCCCO2)CC1. The first kappa shape index (κ1) is 22.8. The van der Waals surface area contributed by atoms with Gasteiger partial charge in [0.1, 0.15) is 0 Å². The minimum absolute atomic E-state index is 0.0909. The lowest BCUT2D eigenvalue weighted by molar-refractivity contribution is -0.183. The van der Waals surface area contributed by atoms with Crippen LogP contribution in [0, 0.1) is 5.41 Å². The molecule has 6 nitrogen and oxygen atoms in total. The van der Waals surface area contributed by atoms with Crippen molar-refractivity contribution in [2.45, 2.75) is 58.3 Å². The summed E-state index contributed by atoms with van der Waals surface area (Å²) in [5.41, 5.74) is 0.835. The van der Waals surface area contributed by atoms with Crippen LogP contribution < -0.4 is 0 Å². The summed E-state index contributed by atoms with van der Waals surface area (Å²) in [6.45, 7) is 5.82. The predicted molar refractivity (Wildman–Crippen MR) is 116 cm³/mol. The van der Waals surface area contributed by atoms with Gasteiger partial charge in [0, 0.05) is 32.6 Å². The van der Waals surface area contributed by atoms with Gasteiger partial charge in [-0.1, -0.05) is 30.3 Å². The van der Waals surface area contributed by atoms with E-state index in [1.165, 1.54) is 5.56 Å². The molecule has 0 aromatic heterocycles. The summed E-state index contributed by atoms with van der Waals surface area (Å²) < 4.78 is 5.44. The highest BCUT2D eigenvalue weighted by Gasteiger charge is 2.42. The zero-order valence-corrected chi connectivity index (χ0v) is 18.3. The molecule has 30 heavy (non-hydrogen) atoms. The Balaban J connectivity index is 1.50. The first-order valence-electron chi connectivity index (χ1n) is 11.5. The summed E-state index contributed by atoms with van der Waals surface area (Å²) in [5, 5.41) is 1.91. The number of carbonyl (C=O) groups is 2. The van der Waals surface area contributed by atoms with Crippen molar-refractivity contribution in [3.05, 3.63) is 35.9 Å². The number of rotatable bonds is 9. The van der Waals surface area contributed by atoms with Gasteiger partial charge < -0.3 is 9.64 Å². The van der Waals surface area contributed by atoms with Crippen molar-refractivity contribution >= 4 is 11.9 Å². The number of aryl methyl sites for hydroxylation is 1. The molecule has 0 spiro atoms. The number of ether oxygens (including phenoxy) is 1. The van der Waals surface area contributed by atoms with E-state index in [1.54, 1.807) is 0 Å². The van der Waals surface area contributed by atoms with Gasteiger partial charge >= 0.3 is 5.97 Å². The Bertz CT molecular complexity index is 665. The van der Waals surface area contributed by atoms with Crippen LogP contribution in [0.25, 0.3) is 0 Å². The second kappa shape index (κ2) is 11.5. The lowest BCUT2D eigenvalue weighted by Gasteiger charge is -2.40. The number of amides is 1. The summed E-state index contributed by atoms with van der Waals surface area (Å²) in [7, 11) is 0. The second-order valence-electron chi connectivity index (χ2n) is 8.44. The smallest absolute Gasteiger partial charge is 0.312 e. The third-order valence-electron chi connectivity index (χ3n) is 6.40. The Morgan fingerprint density at radius 3 is 2.53 bits per heavy atom. The Hall–Kier alpha value is -1.92. The van der Waals surface area contributed by atoms with Crippen molar-refractivity contribution in [3.63, 3.8) is 0 Å². The Morgan fingerprint density at radius 2 is 1.87 bits per heavy atom. The van der Waals surface area contributed by atoms with E-state index < -0.39 is 5.41 Å². The number of benzene rings is 1. The van der Waals surface area contributed by atoms with Crippen molar-refractivity contribution in [3.8, 4) is 0 Å². The number of nitrogens with zero attached hydrogens (tertiary/aromatic N) is 2. The highest BCUT2D eigenvalue weighted by molar-refractivity contribution is 5.79. The molecule has 6 heteroatoms. The fraction of sp³-hybridized carbons (Fsp3) is 0.667. The molecule has 0 bridgehead atoms. The average Bonchev–Trinajstić information content (AvgIpc) is 2.79. The lowest BCUT2D eigenvalue weighted by Crippen LogP contribution is -2.47. The fourth-order valence-electron chi connectivity index (χ4n) is 4.50. The van der Waals surface area contributed by atoms with Gasteiger partial charge in [-0.05, 0) is 57.4 Å². The number of hydroxylamine groups is 2. The molecule has 0 unspecified atom stereocenters. The van der Waals surface area contributed by atoms with Crippen LogP contribution in [0.5, 0.6) is 0 Å². The van der Waals surface area contributed by atoms with Gasteiger partial charge in [-0.15, -0.1) is 0 Å². The maximum absolute atomic E-state index is 12.8. The summed E-state index contributed by atoms with van der Waals surface area (Å²) in [6.07, 6.45) is 6.78. The molecule has 0 saturated carbocycles. The van der Waals surface area contributed by atoms with Gasteiger partial charge in [-0.3, -0.25) is 14.4 Å². The maximum atomic E-state index is 12.8. The van der Waals surface area contributed by atoms with E-state index in [0.717, 1.165) is 45.3 Å². The zero-order chi connectivity index (χ0) is 21.2. The Labute approximate surface area is 180 Å². The number of piperidine rings is 1. The molecular weight excluding hydrogens is 380 g/mol. The number of hydrogen-bond acceptors (Lipinski definition) is 5. The van der Waals surface area contributed by atoms with Crippen LogP contribution in [-0.2, 0) is 25.6 Å². The first-order valence-corrected chi connectivity index (χ1v) is 11.5. The lowest BCUT2D eigenvalue weighted by atomic mass is 9.74. The Morgan fingerprint density at radius 1 is 1.10 bits per heavy atom. The van der Waals surface area contributed by atoms with E-state index in [1.807, 2.05) is 23.0 Å². The number of esters is 1. The molecule has 0 N–H and O–H groups in total. The molecule has 0 atom stereocenters. The van der Waals surface area contributed by atoms with Crippen LogP contribution in [0.3, 0.4) is 0 Å². The third-order valence-corrected chi connectivity index (χ3v) is 6.40. The second-order valence-corrected chi connectivity index (χ2v) is 8.44. The van der Waals surface area contributed by atoms with Crippen LogP contribution >= 0.6 is 0 Å². The third kappa shape index (κ3) is 6.29. The minimum Gasteiger partial charge on any atom is -0.466 e. The molecule has 1 aromatic carbocycles. The molecule has 0 radical (unpaired) electrons. The molecule has 2 aliphatic heterocycles. The summed E-state index contributed by atoms with van der Waals surface area (Å²) in [5.74, 6) is 0.0674. The van der Waals surface area contributed by atoms with Gasteiger partial charge in [0.15, 0.2) is 0 Å². The molecule has 2 aliphatic rings. The molecule has 2 fully saturated rings. The highest BCUT2D eigenvalue weighted by atomic mass is 16.7. The topological polar surface area (TPSA) is 59.1 Å². The fourth-order valence-corrected chi connectivity index (χ4v) is 4.50. The molecule has 3 rings (SSSR count). The van der Waals surface area contributed by atoms with E-state index in [9.17, 15) is 9.59 Å². The summed E-state index contributed by atoms with van der Waals surface area (Å²) in [4.78, 5) is 33.0. The summed E-state index contributed by atoms with van der Waals surface area (Å²) >= 11 is 0. The van der Waals surface area contributed by atoms with E-state index >= 15 is 0 Å². The number of carbonyl (C=O) groups excluding carboxylic acids is 2. The normalized spacial score (nSPS) is 19.4. The molecule has 166 valence electrons. The van der Waals surface area contributed by atoms with Crippen molar-refractivity contribution in [1.82, 2.24) is 9.96 Å².